The first-order chi connectivity index (χ1) is 6.36. The molecule has 0 spiro atoms. The van der Waals surface area contributed by atoms with E-state index in [-0.39, 0.29) is 49.5 Å². The van der Waals surface area contributed by atoms with Crippen LogP contribution >= 0.6 is 11.6 Å². The van der Waals surface area contributed by atoms with Gasteiger partial charge in [-0.15, -0.1) is 0 Å². The van der Waals surface area contributed by atoms with Gasteiger partial charge in [-0.25, -0.2) is 0 Å². The van der Waals surface area contributed by atoms with Crippen LogP contribution in [0.5, 0.6) is 0 Å². The number of hydrogen-bond donors (Lipinski definition) is 0. The van der Waals surface area contributed by atoms with Crippen molar-refractivity contribution >= 4 is 11.6 Å². The number of rotatable bonds is 1. The van der Waals surface area contributed by atoms with Gasteiger partial charge in [-0.2, -0.15) is 4.57 Å². The van der Waals surface area contributed by atoms with Crippen molar-refractivity contribution in [2.45, 2.75) is 37.1 Å². The van der Waals surface area contributed by atoms with Gasteiger partial charge < -0.3 is 12.4 Å². The van der Waals surface area contributed by atoms with Crippen LogP contribution in [0.4, 0.5) is 0 Å². The maximum Gasteiger partial charge on any atom is 0.210 e. The minimum atomic E-state index is 0. The van der Waals surface area contributed by atoms with Gasteiger partial charge in [-0.1, -0.05) is 54.8 Å². The average molecular weight is 306 g/mol. The van der Waals surface area contributed by atoms with Gasteiger partial charge in [0.15, 0.2) is 12.4 Å². The van der Waals surface area contributed by atoms with E-state index < -0.39 is 0 Å². The molecular formula is C16H29Cl2N. The molecule has 2 rings (SSSR count). The van der Waals surface area contributed by atoms with E-state index in [4.69, 9.17) is 11.6 Å². The fourth-order valence-electron chi connectivity index (χ4n) is 1.18. The molecular weight excluding hydrogens is 277 g/mol. The summed E-state index contributed by atoms with van der Waals surface area (Å²) >= 11 is 5.79. The third-order valence-electron chi connectivity index (χ3n) is 1.84. The Hall–Kier alpha value is -1.05. The molecule has 0 aliphatic carbocycles. The molecule has 0 saturated carbocycles. The van der Waals surface area contributed by atoms with Crippen LogP contribution in [0.3, 0.4) is 0 Å². The predicted octanol–water partition coefficient (Wildman–Crippen LogP) is 2.80. The Labute approximate surface area is 131 Å². The van der Waals surface area contributed by atoms with E-state index >= 15 is 0 Å². The minimum absolute atomic E-state index is 0. The Balaban J connectivity index is -0.000000109. The Morgan fingerprint density at radius 3 is 1.53 bits per heavy atom. The van der Waals surface area contributed by atoms with Crippen LogP contribution in [0.1, 0.15) is 37.1 Å². The fourth-order valence-corrected chi connectivity index (χ4v) is 1.31. The lowest BCUT2D eigenvalue weighted by molar-refractivity contribution is -0.595. The quantitative estimate of drug-likeness (QED) is 0.713. The van der Waals surface area contributed by atoms with Crippen molar-refractivity contribution in [3.8, 4) is 5.69 Å². The highest BCUT2D eigenvalue weighted by Gasteiger charge is 2.01. The van der Waals surface area contributed by atoms with Crippen LogP contribution in [0, 0.1) is 0 Å². The summed E-state index contributed by atoms with van der Waals surface area (Å²) < 4.78 is 2.04. The number of nitrogens with zero attached hydrogens (tertiary/aromatic N) is 1. The van der Waals surface area contributed by atoms with Gasteiger partial charge in [0.2, 0.25) is 5.69 Å². The number of pyridine rings is 1. The molecule has 0 unspecified atom stereocenters. The van der Waals surface area contributed by atoms with Crippen molar-refractivity contribution in [2.75, 3.05) is 0 Å². The molecule has 0 radical (unpaired) electrons. The van der Waals surface area contributed by atoms with Crippen molar-refractivity contribution in [1.82, 2.24) is 0 Å². The molecule has 1 nitrogen and oxygen atoms in total. The molecule has 19 heavy (non-hydrogen) atoms. The van der Waals surface area contributed by atoms with E-state index in [0.717, 1.165) is 10.7 Å². The summed E-state index contributed by atoms with van der Waals surface area (Å²) in [7, 11) is 0. The molecule has 0 aliphatic heterocycles. The van der Waals surface area contributed by atoms with Gasteiger partial charge >= 0.3 is 0 Å². The molecule has 0 fully saturated rings. The van der Waals surface area contributed by atoms with Gasteiger partial charge in [0, 0.05) is 29.3 Å². The normalized spacial score (nSPS) is 6.79. The Bertz CT molecular complexity index is 385. The molecule has 3 heteroatoms. The highest BCUT2D eigenvalue weighted by molar-refractivity contribution is 6.30. The molecule has 0 N–H and O–H groups in total. The first-order valence-electron chi connectivity index (χ1n) is 4.08. The van der Waals surface area contributed by atoms with E-state index in [1.165, 1.54) is 0 Å². The predicted molar refractivity (Wildman–Crippen MR) is 86.6 cm³/mol. The van der Waals surface area contributed by atoms with E-state index in [0.29, 0.717) is 0 Å². The molecule has 112 valence electrons. The topological polar surface area (TPSA) is 3.88 Å². The van der Waals surface area contributed by atoms with Crippen LogP contribution in [0.2, 0.25) is 5.02 Å². The summed E-state index contributed by atoms with van der Waals surface area (Å²) in [5.74, 6) is 0. The standard InChI is InChI=1S/C11H9ClN.5CH4.ClH/c12-10-4-6-11(7-5-10)13-8-2-1-3-9-13;;;;;;/h1-9H;5*1H4;1H/q+1;;;;;;/p-1. The Morgan fingerprint density at radius 2 is 1.11 bits per heavy atom. The van der Waals surface area contributed by atoms with E-state index in [1.807, 2.05) is 59.4 Å². The molecule has 1 heterocycles. The first kappa shape index (κ1) is 30.8. The van der Waals surface area contributed by atoms with Gasteiger partial charge in [0.25, 0.3) is 0 Å². The second kappa shape index (κ2) is 15.0. The van der Waals surface area contributed by atoms with E-state index in [1.54, 1.807) is 0 Å². The highest BCUT2D eigenvalue weighted by Crippen LogP contribution is 2.08. The first-order valence-corrected chi connectivity index (χ1v) is 4.46. The zero-order valence-electron chi connectivity index (χ0n) is 7.40. The highest BCUT2D eigenvalue weighted by atomic mass is 35.5. The van der Waals surface area contributed by atoms with Crippen molar-refractivity contribution < 1.29 is 17.0 Å². The molecule has 0 bridgehead atoms. The molecule has 1 aromatic carbocycles. The van der Waals surface area contributed by atoms with Crippen molar-refractivity contribution in [2.24, 2.45) is 0 Å². The van der Waals surface area contributed by atoms with Crippen LogP contribution in [-0.4, -0.2) is 0 Å². The molecule has 2 aromatic rings. The molecule has 1 aromatic heterocycles. The molecule has 0 aliphatic rings. The maximum atomic E-state index is 5.79. The summed E-state index contributed by atoms with van der Waals surface area (Å²) in [4.78, 5) is 0. The van der Waals surface area contributed by atoms with Crippen LogP contribution < -0.4 is 17.0 Å². The smallest absolute Gasteiger partial charge is 0.210 e. The van der Waals surface area contributed by atoms with Gasteiger partial charge in [0.05, 0.1) is 0 Å². The second-order valence-electron chi connectivity index (χ2n) is 2.76. The summed E-state index contributed by atoms with van der Waals surface area (Å²) in [5.41, 5.74) is 1.12. The summed E-state index contributed by atoms with van der Waals surface area (Å²) in [6.45, 7) is 0. The maximum absolute atomic E-state index is 5.79. The van der Waals surface area contributed by atoms with Gasteiger partial charge in [-0.05, 0) is 12.1 Å². The van der Waals surface area contributed by atoms with Crippen molar-refractivity contribution in [3.05, 3.63) is 59.9 Å². The number of benzene rings is 1. The summed E-state index contributed by atoms with van der Waals surface area (Å²) in [6, 6.07) is 13.7. The summed E-state index contributed by atoms with van der Waals surface area (Å²) in [6.07, 6.45) is 4.01. The van der Waals surface area contributed by atoms with E-state index in [9.17, 15) is 0 Å². The third kappa shape index (κ3) is 8.63. The van der Waals surface area contributed by atoms with Gasteiger partial charge in [0.1, 0.15) is 0 Å². The minimum Gasteiger partial charge on any atom is -1.00 e. The fraction of sp³-hybridized carbons (Fsp3) is 0.312. The zero-order valence-corrected chi connectivity index (χ0v) is 8.91. The Kier molecular flexibility index (Phi) is 24.3. The zero-order chi connectivity index (χ0) is 9.10. The number of halogens is 2. The lowest BCUT2D eigenvalue weighted by Gasteiger charge is -1.93. The monoisotopic (exact) mass is 305 g/mol. The lowest BCUT2D eigenvalue weighted by atomic mass is 10.3. The Morgan fingerprint density at radius 1 is 0.684 bits per heavy atom. The van der Waals surface area contributed by atoms with E-state index in [2.05, 4.69) is 0 Å². The van der Waals surface area contributed by atoms with Crippen LogP contribution in [0.15, 0.2) is 54.9 Å². The molecule has 0 saturated heterocycles. The SMILES string of the molecule is C.C.C.C.C.Clc1ccc(-[n+]2ccccc2)cc1.[Cl-]. The molecule has 0 amide bonds. The van der Waals surface area contributed by atoms with Crippen molar-refractivity contribution in [1.29, 1.82) is 0 Å². The molecule has 0 atom stereocenters. The lowest BCUT2D eigenvalue weighted by Crippen LogP contribution is -3.00. The second-order valence-corrected chi connectivity index (χ2v) is 3.20. The van der Waals surface area contributed by atoms with Crippen LogP contribution in [-0.2, 0) is 0 Å². The van der Waals surface area contributed by atoms with Crippen LogP contribution in [0.25, 0.3) is 5.69 Å². The number of aromatic nitrogens is 1. The van der Waals surface area contributed by atoms with Gasteiger partial charge in [-0.3, -0.25) is 0 Å². The largest absolute Gasteiger partial charge is 1.00 e. The number of hydrogen-bond acceptors (Lipinski definition) is 0. The van der Waals surface area contributed by atoms with Crippen molar-refractivity contribution in [3.63, 3.8) is 0 Å². The summed E-state index contributed by atoms with van der Waals surface area (Å²) in [5, 5.41) is 0.764. The average Bonchev–Trinajstić information content (AvgIpc) is 2.20. The third-order valence-corrected chi connectivity index (χ3v) is 2.09.